The number of H-pyrrole nitrogens is 1. The molecule has 4 heterocycles. The maximum Gasteiger partial charge on any atom is 0.410 e. The van der Waals surface area contributed by atoms with E-state index in [1.807, 2.05) is 30.3 Å². The number of likely N-dealkylation sites (tertiary alicyclic amines) is 2. The van der Waals surface area contributed by atoms with Crippen molar-refractivity contribution in [2.45, 2.75) is 90.5 Å². The molecule has 0 bridgehead atoms. The van der Waals surface area contributed by atoms with Gasteiger partial charge in [-0.15, -0.1) is 23.4 Å². The first-order valence-corrected chi connectivity index (χ1v) is 22.2. The van der Waals surface area contributed by atoms with E-state index >= 15 is 0 Å². The number of amides is 4. The summed E-state index contributed by atoms with van der Waals surface area (Å²) < 4.78 is 17.9. The standard InChI is InChI=1S/C29H34N6O6.C17H26N6O5/c1-5-17-33(20-15-18-32(19-16-20)28(37)41-29(2,3)4)27-25(35(38)39)24(26(30)36)34(31-27)21-11-13-23(14-12-21)40-22-9-7-6-8-10-22;1-5-8-22(15-13(23(26)27)12(14(18)24)19-20-15)11-6-9-21(10-7-11)16(25)28-17(2,3)4/h5-14,20H,1,15-19H2,2-4H3,(H2,30,36);5,11H,1,6-10H2,2-4H3,(H2,18,24)(H,19,20). The number of rotatable bonds is 15. The maximum absolute atomic E-state index is 12.6. The Kier molecular flexibility index (Phi) is 16.7. The number of benzene rings is 2. The molecule has 0 spiro atoms. The molecule has 2 aromatic carbocycles. The molecule has 2 saturated heterocycles. The Morgan fingerprint density at radius 2 is 1.17 bits per heavy atom. The number of carbonyl (C=O) groups is 4. The van der Waals surface area contributed by atoms with Crippen LogP contribution in [0.25, 0.3) is 5.69 Å². The van der Waals surface area contributed by atoms with Gasteiger partial charge in [0, 0.05) is 51.4 Å². The van der Waals surface area contributed by atoms with E-state index in [0.29, 0.717) is 75.6 Å². The highest BCUT2D eigenvalue weighted by atomic mass is 16.6. The predicted molar refractivity (Wildman–Crippen MR) is 256 cm³/mol. The lowest BCUT2D eigenvalue weighted by Crippen LogP contribution is -2.48. The van der Waals surface area contributed by atoms with Crippen molar-refractivity contribution in [3.8, 4) is 17.2 Å². The molecule has 370 valence electrons. The topological polar surface area (TPSA) is 294 Å². The smallest absolute Gasteiger partial charge is 0.410 e. The summed E-state index contributed by atoms with van der Waals surface area (Å²) in [4.78, 5) is 78.0. The molecule has 2 aliphatic rings. The Bertz CT molecular complexity index is 2500. The molecule has 2 fully saturated rings. The zero-order chi connectivity index (χ0) is 50.8. The van der Waals surface area contributed by atoms with Gasteiger partial charge >= 0.3 is 23.6 Å². The molecular formula is C46H60N12O11. The molecule has 23 heteroatoms. The van der Waals surface area contributed by atoms with E-state index in [4.69, 9.17) is 25.7 Å². The van der Waals surface area contributed by atoms with Crippen molar-refractivity contribution in [1.29, 1.82) is 0 Å². The minimum atomic E-state index is -0.988. The number of nitrogens with zero attached hydrogens (tertiary/aromatic N) is 9. The van der Waals surface area contributed by atoms with Crippen LogP contribution in [0.5, 0.6) is 11.5 Å². The first-order valence-electron chi connectivity index (χ1n) is 22.2. The molecule has 4 amide bonds. The van der Waals surface area contributed by atoms with Crippen LogP contribution in [-0.2, 0) is 9.47 Å². The molecule has 69 heavy (non-hydrogen) atoms. The normalized spacial score (nSPS) is 14.4. The van der Waals surface area contributed by atoms with Crippen LogP contribution in [0.1, 0.15) is 88.2 Å². The molecule has 0 saturated carbocycles. The van der Waals surface area contributed by atoms with Crippen molar-refractivity contribution in [3.63, 3.8) is 0 Å². The second-order valence-electron chi connectivity index (χ2n) is 18.1. The average molecular weight is 957 g/mol. The van der Waals surface area contributed by atoms with Gasteiger partial charge in [0.25, 0.3) is 11.8 Å². The summed E-state index contributed by atoms with van der Waals surface area (Å²) in [5.74, 6) is -0.721. The number of nitro groups is 2. The van der Waals surface area contributed by atoms with E-state index < -0.39 is 50.3 Å². The summed E-state index contributed by atoms with van der Waals surface area (Å²) in [5.41, 5.74) is 8.44. The SMILES string of the molecule is C=CCN(c1n[nH]c(C(N)=O)c1[N+](=O)[O-])C1CCN(C(=O)OC(C)(C)C)CC1.C=CCN(c1nn(-c2ccc(Oc3ccccc3)cc2)c(C(N)=O)c1[N+](=O)[O-])C1CCN(C(=O)OC(C)(C)C)CC1. The van der Waals surface area contributed by atoms with Crippen molar-refractivity contribution in [3.05, 3.63) is 112 Å². The average Bonchev–Trinajstić information content (AvgIpc) is 3.92. The summed E-state index contributed by atoms with van der Waals surface area (Å²) in [5, 5.41) is 34.7. The number of carbonyl (C=O) groups excluding carboxylic acids is 4. The Morgan fingerprint density at radius 1 is 0.725 bits per heavy atom. The van der Waals surface area contributed by atoms with Crippen LogP contribution in [0.15, 0.2) is 79.9 Å². The van der Waals surface area contributed by atoms with Crippen LogP contribution in [0.2, 0.25) is 0 Å². The number of nitrogens with one attached hydrogen (secondary N) is 1. The zero-order valence-electron chi connectivity index (χ0n) is 39.7. The van der Waals surface area contributed by atoms with Gasteiger partial charge in [0.1, 0.15) is 22.7 Å². The Balaban J connectivity index is 0.000000277. The number of piperidine rings is 2. The molecule has 0 radical (unpaired) electrons. The quantitative estimate of drug-likeness (QED) is 0.0622. The molecule has 4 aromatic rings. The van der Waals surface area contributed by atoms with Crippen molar-refractivity contribution in [2.75, 3.05) is 49.1 Å². The van der Waals surface area contributed by atoms with Crippen LogP contribution in [0.3, 0.4) is 0 Å². The van der Waals surface area contributed by atoms with E-state index in [2.05, 4.69) is 28.5 Å². The van der Waals surface area contributed by atoms with Gasteiger partial charge in [-0.25, -0.2) is 14.3 Å². The summed E-state index contributed by atoms with van der Waals surface area (Å²) >= 11 is 0. The third-order valence-corrected chi connectivity index (χ3v) is 10.8. The number of para-hydroxylation sites is 1. The van der Waals surface area contributed by atoms with Crippen molar-refractivity contribution in [1.82, 2.24) is 29.8 Å². The van der Waals surface area contributed by atoms with Gasteiger partial charge in [0.2, 0.25) is 23.0 Å². The van der Waals surface area contributed by atoms with E-state index in [9.17, 15) is 39.4 Å². The maximum atomic E-state index is 12.6. The Labute approximate surface area is 398 Å². The zero-order valence-corrected chi connectivity index (χ0v) is 39.7. The number of primary amides is 2. The minimum Gasteiger partial charge on any atom is -0.457 e. The Morgan fingerprint density at radius 3 is 1.58 bits per heavy atom. The first-order chi connectivity index (χ1) is 32.5. The fourth-order valence-corrected chi connectivity index (χ4v) is 7.79. The van der Waals surface area contributed by atoms with Gasteiger partial charge in [-0.2, -0.15) is 0 Å². The number of aromatic nitrogens is 4. The summed E-state index contributed by atoms with van der Waals surface area (Å²) in [6.07, 6.45) is 4.56. The second kappa shape index (κ2) is 22.2. The lowest BCUT2D eigenvalue weighted by Gasteiger charge is -2.38. The molecule has 2 aromatic heterocycles. The van der Waals surface area contributed by atoms with Crippen molar-refractivity contribution in [2.24, 2.45) is 11.5 Å². The van der Waals surface area contributed by atoms with Crippen LogP contribution >= 0.6 is 0 Å². The number of hydrogen-bond donors (Lipinski definition) is 3. The largest absolute Gasteiger partial charge is 0.457 e. The molecule has 23 nitrogen and oxygen atoms in total. The van der Waals surface area contributed by atoms with E-state index in [1.165, 1.54) is 4.68 Å². The summed E-state index contributed by atoms with van der Waals surface area (Å²) in [7, 11) is 0. The highest BCUT2D eigenvalue weighted by molar-refractivity contribution is 5.98. The van der Waals surface area contributed by atoms with E-state index in [0.717, 1.165) is 0 Å². The highest BCUT2D eigenvalue weighted by Crippen LogP contribution is 2.37. The lowest BCUT2D eigenvalue weighted by atomic mass is 10.0. The first kappa shape index (κ1) is 52.0. The predicted octanol–water partition coefficient (Wildman–Crippen LogP) is 6.87. The Hall–Kier alpha value is -7.98. The van der Waals surface area contributed by atoms with Crippen LogP contribution in [0.4, 0.5) is 32.6 Å². The van der Waals surface area contributed by atoms with Gasteiger partial charge in [0.15, 0.2) is 0 Å². The summed E-state index contributed by atoms with van der Waals surface area (Å²) in [6, 6.07) is 15.5. The fourth-order valence-electron chi connectivity index (χ4n) is 7.79. The molecular weight excluding hydrogens is 897 g/mol. The molecule has 0 atom stereocenters. The number of hydrogen-bond acceptors (Lipinski definition) is 15. The van der Waals surface area contributed by atoms with E-state index in [-0.39, 0.29) is 47.7 Å². The molecule has 5 N–H and O–H groups in total. The van der Waals surface area contributed by atoms with Gasteiger partial charge in [-0.1, -0.05) is 30.4 Å². The molecule has 0 unspecified atom stereocenters. The molecule has 2 aliphatic heterocycles. The van der Waals surface area contributed by atoms with E-state index in [1.54, 1.807) is 97.6 Å². The third kappa shape index (κ3) is 13.4. The molecule has 0 aliphatic carbocycles. The van der Waals surface area contributed by atoms with Gasteiger partial charge < -0.3 is 45.3 Å². The monoisotopic (exact) mass is 956 g/mol. The minimum absolute atomic E-state index is 0.00373. The second-order valence-corrected chi connectivity index (χ2v) is 18.1. The number of anilines is 2. The van der Waals surface area contributed by atoms with Crippen LogP contribution in [0, 0.1) is 20.2 Å². The number of ether oxygens (including phenoxy) is 3. The number of nitrogens with two attached hydrogens (primary N) is 2. The number of aromatic amines is 1. The molecule has 6 rings (SSSR count). The lowest BCUT2D eigenvalue weighted by molar-refractivity contribution is -0.384. The van der Waals surface area contributed by atoms with Crippen molar-refractivity contribution >= 4 is 47.0 Å². The van der Waals surface area contributed by atoms with Crippen molar-refractivity contribution < 1.29 is 43.2 Å². The fraction of sp³-hybridized carbons (Fsp3) is 0.435. The van der Waals surface area contributed by atoms with Gasteiger partial charge in [0.05, 0.1) is 15.5 Å². The third-order valence-electron chi connectivity index (χ3n) is 10.8. The summed E-state index contributed by atoms with van der Waals surface area (Å²) in [6.45, 7) is 20.5. The van der Waals surface area contributed by atoms with Gasteiger partial charge in [-0.3, -0.25) is 34.9 Å². The van der Waals surface area contributed by atoms with Crippen LogP contribution < -0.4 is 26.0 Å². The highest BCUT2D eigenvalue weighted by Gasteiger charge is 2.39. The van der Waals surface area contributed by atoms with Gasteiger partial charge in [-0.05, 0) is 104 Å². The van der Waals surface area contributed by atoms with Crippen LogP contribution in [-0.4, -0.2) is 126 Å².